The van der Waals surface area contributed by atoms with Crippen LogP contribution in [-0.2, 0) is 13.1 Å². The average Bonchev–Trinajstić information content (AvgIpc) is 3.27. The van der Waals surface area contributed by atoms with Crippen LogP contribution in [0.15, 0.2) is 42.5 Å². The molecule has 2 aromatic carbocycles. The van der Waals surface area contributed by atoms with Crippen LogP contribution in [0.4, 0.5) is 14.5 Å². The van der Waals surface area contributed by atoms with Gasteiger partial charge in [-0.3, -0.25) is 4.90 Å². The van der Waals surface area contributed by atoms with E-state index in [1.807, 2.05) is 24.3 Å². The molecule has 1 saturated carbocycles. The molecule has 0 heterocycles. The van der Waals surface area contributed by atoms with E-state index in [4.69, 9.17) is 5.73 Å². The highest BCUT2D eigenvalue weighted by molar-refractivity contribution is 5.46. The zero-order chi connectivity index (χ0) is 14.8. The second kappa shape index (κ2) is 5.82. The predicted molar refractivity (Wildman–Crippen MR) is 79.5 cm³/mol. The highest BCUT2D eigenvalue weighted by Crippen LogP contribution is 2.31. The maximum atomic E-state index is 13.8. The molecule has 0 bridgehead atoms. The third-order valence-corrected chi connectivity index (χ3v) is 3.88. The second-order valence-electron chi connectivity index (χ2n) is 5.57. The highest BCUT2D eigenvalue weighted by Gasteiger charge is 2.29. The Balaban J connectivity index is 1.78. The van der Waals surface area contributed by atoms with Gasteiger partial charge in [0.1, 0.15) is 11.6 Å². The molecule has 2 N–H and O–H groups in total. The van der Waals surface area contributed by atoms with E-state index in [2.05, 4.69) is 4.90 Å². The molecule has 21 heavy (non-hydrogen) atoms. The molecular formula is C17H18F2N2. The van der Waals surface area contributed by atoms with Crippen LogP contribution in [0.1, 0.15) is 24.0 Å². The minimum atomic E-state index is -0.540. The molecule has 1 aliphatic rings. The Hall–Kier alpha value is -1.94. The van der Waals surface area contributed by atoms with E-state index in [0.29, 0.717) is 24.7 Å². The number of anilines is 1. The Morgan fingerprint density at radius 1 is 1.00 bits per heavy atom. The summed E-state index contributed by atoms with van der Waals surface area (Å²) in [5, 5.41) is 0. The molecule has 0 saturated heterocycles. The third kappa shape index (κ3) is 3.39. The number of nitrogens with zero attached hydrogens (tertiary/aromatic N) is 1. The van der Waals surface area contributed by atoms with E-state index in [1.54, 1.807) is 0 Å². The number of halogens is 2. The van der Waals surface area contributed by atoms with E-state index in [1.165, 1.54) is 12.1 Å². The van der Waals surface area contributed by atoms with Crippen molar-refractivity contribution in [3.05, 3.63) is 65.2 Å². The van der Waals surface area contributed by atoms with E-state index in [0.717, 1.165) is 30.2 Å². The van der Waals surface area contributed by atoms with Crippen LogP contribution in [0.3, 0.4) is 0 Å². The fourth-order valence-electron chi connectivity index (χ4n) is 2.52. The van der Waals surface area contributed by atoms with Crippen LogP contribution in [-0.4, -0.2) is 10.9 Å². The van der Waals surface area contributed by atoms with Crippen molar-refractivity contribution in [1.29, 1.82) is 0 Å². The monoisotopic (exact) mass is 288 g/mol. The molecule has 0 spiro atoms. The van der Waals surface area contributed by atoms with Gasteiger partial charge >= 0.3 is 0 Å². The van der Waals surface area contributed by atoms with Crippen molar-refractivity contribution < 1.29 is 8.78 Å². The molecule has 1 fully saturated rings. The van der Waals surface area contributed by atoms with Crippen LogP contribution < -0.4 is 5.73 Å². The van der Waals surface area contributed by atoms with Gasteiger partial charge in [-0.1, -0.05) is 24.3 Å². The lowest BCUT2D eigenvalue weighted by molar-refractivity contribution is 0.242. The summed E-state index contributed by atoms with van der Waals surface area (Å²) in [6, 6.07) is 12.0. The normalized spacial score (nSPS) is 14.6. The molecule has 110 valence electrons. The van der Waals surface area contributed by atoms with Crippen LogP contribution in [0.2, 0.25) is 0 Å². The maximum absolute atomic E-state index is 13.8. The molecule has 2 aromatic rings. The number of hydrogen-bond donors (Lipinski definition) is 1. The number of hydrogen-bond acceptors (Lipinski definition) is 2. The summed E-state index contributed by atoms with van der Waals surface area (Å²) in [5.41, 5.74) is 8.31. The Bertz CT molecular complexity index is 638. The van der Waals surface area contributed by atoms with Crippen molar-refractivity contribution in [2.75, 3.05) is 5.73 Å². The molecule has 0 unspecified atom stereocenters. The summed E-state index contributed by atoms with van der Waals surface area (Å²) in [6.45, 7) is 1.17. The van der Waals surface area contributed by atoms with Gasteiger partial charge < -0.3 is 5.73 Å². The van der Waals surface area contributed by atoms with Gasteiger partial charge in [-0.25, -0.2) is 8.78 Å². The fraction of sp³-hybridized carbons (Fsp3) is 0.294. The summed E-state index contributed by atoms with van der Waals surface area (Å²) >= 11 is 0. The molecule has 0 aromatic heterocycles. The Morgan fingerprint density at radius 2 is 1.71 bits per heavy atom. The average molecular weight is 288 g/mol. The molecular weight excluding hydrogens is 270 g/mol. The molecule has 0 aliphatic heterocycles. The molecule has 1 aliphatic carbocycles. The number of nitrogens with two attached hydrogens (primary N) is 1. The topological polar surface area (TPSA) is 29.3 Å². The SMILES string of the molecule is Nc1ccccc1CN(Cc1ccc(F)cc1F)C1CC1. The molecule has 2 nitrogen and oxygen atoms in total. The molecule has 0 amide bonds. The lowest BCUT2D eigenvalue weighted by atomic mass is 10.1. The van der Waals surface area contributed by atoms with Gasteiger partial charge in [-0.05, 0) is 30.5 Å². The van der Waals surface area contributed by atoms with E-state index in [-0.39, 0.29) is 0 Å². The van der Waals surface area contributed by atoms with Gasteiger partial charge in [0.2, 0.25) is 0 Å². The summed E-state index contributed by atoms with van der Waals surface area (Å²) in [5.74, 6) is -1.02. The standard InChI is InChI=1S/C17H18F2N2/c18-14-6-5-12(16(19)9-14)10-21(15-7-8-15)11-13-3-1-2-4-17(13)20/h1-6,9,15H,7-8,10-11,20H2. The first-order chi connectivity index (χ1) is 10.1. The Morgan fingerprint density at radius 3 is 2.38 bits per heavy atom. The lowest BCUT2D eigenvalue weighted by Crippen LogP contribution is -2.26. The van der Waals surface area contributed by atoms with Gasteiger partial charge in [0.05, 0.1) is 0 Å². The van der Waals surface area contributed by atoms with Crippen LogP contribution in [0.25, 0.3) is 0 Å². The summed E-state index contributed by atoms with van der Waals surface area (Å²) < 4.78 is 26.8. The van der Waals surface area contributed by atoms with Crippen molar-refractivity contribution in [1.82, 2.24) is 4.90 Å². The van der Waals surface area contributed by atoms with Gasteiger partial charge in [-0.2, -0.15) is 0 Å². The molecule has 0 radical (unpaired) electrons. The molecule has 0 atom stereocenters. The summed E-state index contributed by atoms with van der Waals surface area (Å²) in [7, 11) is 0. The summed E-state index contributed by atoms with van der Waals surface area (Å²) in [6.07, 6.45) is 2.24. The first-order valence-corrected chi connectivity index (χ1v) is 7.15. The Labute approximate surface area is 123 Å². The number of rotatable bonds is 5. The number of para-hydroxylation sites is 1. The second-order valence-corrected chi connectivity index (χ2v) is 5.57. The zero-order valence-corrected chi connectivity index (χ0v) is 11.7. The lowest BCUT2D eigenvalue weighted by Gasteiger charge is -2.23. The highest BCUT2D eigenvalue weighted by atomic mass is 19.1. The first kappa shape index (κ1) is 14.0. The number of benzene rings is 2. The quantitative estimate of drug-likeness (QED) is 0.850. The third-order valence-electron chi connectivity index (χ3n) is 3.88. The smallest absolute Gasteiger partial charge is 0.130 e. The van der Waals surface area contributed by atoms with Crippen LogP contribution >= 0.6 is 0 Å². The first-order valence-electron chi connectivity index (χ1n) is 7.15. The van der Waals surface area contributed by atoms with Gasteiger partial charge in [0, 0.05) is 36.4 Å². The predicted octanol–water partition coefficient (Wildman–Crippen LogP) is 3.71. The van der Waals surface area contributed by atoms with Crippen molar-refractivity contribution >= 4 is 5.69 Å². The molecule has 3 rings (SSSR count). The maximum Gasteiger partial charge on any atom is 0.130 e. The minimum absolute atomic E-state index is 0.467. The van der Waals surface area contributed by atoms with Gasteiger partial charge in [0.25, 0.3) is 0 Å². The Kier molecular flexibility index (Phi) is 3.88. The zero-order valence-electron chi connectivity index (χ0n) is 11.7. The van der Waals surface area contributed by atoms with Crippen LogP contribution in [0.5, 0.6) is 0 Å². The van der Waals surface area contributed by atoms with E-state index >= 15 is 0 Å². The van der Waals surface area contributed by atoms with Crippen molar-refractivity contribution in [2.24, 2.45) is 0 Å². The van der Waals surface area contributed by atoms with Crippen LogP contribution in [0, 0.1) is 11.6 Å². The summed E-state index contributed by atoms with van der Waals surface area (Å²) in [4.78, 5) is 2.21. The van der Waals surface area contributed by atoms with Crippen molar-refractivity contribution in [2.45, 2.75) is 32.0 Å². The van der Waals surface area contributed by atoms with Gasteiger partial charge in [0.15, 0.2) is 0 Å². The van der Waals surface area contributed by atoms with E-state index < -0.39 is 11.6 Å². The number of nitrogen functional groups attached to an aromatic ring is 1. The fourth-order valence-corrected chi connectivity index (χ4v) is 2.52. The minimum Gasteiger partial charge on any atom is -0.398 e. The van der Waals surface area contributed by atoms with E-state index in [9.17, 15) is 8.78 Å². The van der Waals surface area contributed by atoms with Gasteiger partial charge in [-0.15, -0.1) is 0 Å². The largest absolute Gasteiger partial charge is 0.398 e. The van der Waals surface area contributed by atoms with Crippen molar-refractivity contribution in [3.8, 4) is 0 Å². The van der Waals surface area contributed by atoms with Crippen molar-refractivity contribution in [3.63, 3.8) is 0 Å². The molecule has 4 heteroatoms.